The molecule has 1 fully saturated rings. The molecule has 1 saturated heterocycles. The van der Waals surface area contributed by atoms with E-state index in [2.05, 4.69) is 41.5 Å². The molecular formula is C19H27N5O3S2. The van der Waals surface area contributed by atoms with Crippen LogP contribution >= 0.6 is 11.8 Å². The molecule has 0 aliphatic carbocycles. The third-order valence-corrected chi connectivity index (χ3v) is 7.49. The van der Waals surface area contributed by atoms with Gasteiger partial charge < -0.3 is 5.32 Å². The summed E-state index contributed by atoms with van der Waals surface area (Å²) in [7, 11) is -3.12. The fourth-order valence-electron chi connectivity index (χ4n) is 3.26. The number of carbonyl (C=O) groups excluding carboxylic acids is 1. The molecule has 8 nitrogen and oxygen atoms in total. The molecule has 10 heteroatoms. The summed E-state index contributed by atoms with van der Waals surface area (Å²) in [6.45, 7) is 5.74. The topological polar surface area (TPSA) is 97.2 Å². The van der Waals surface area contributed by atoms with E-state index in [0.29, 0.717) is 30.7 Å². The van der Waals surface area contributed by atoms with Gasteiger partial charge in [-0.15, -0.1) is 10.2 Å². The van der Waals surface area contributed by atoms with Gasteiger partial charge in [-0.25, -0.2) is 12.7 Å². The van der Waals surface area contributed by atoms with Crippen LogP contribution in [0.1, 0.15) is 24.0 Å². The zero-order valence-electron chi connectivity index (χ0n) is 17.0. The number of piperidine rings is 1. The van der Waals surface area contributed by atoms with Crippen LogP contribution in [0.15, 0.2) is 29.7 Å². The summed E-state index contributed by atoms with van der Waals surface area (Å²) in [4.78, 5) is 12.3. The van der Waals surface area contributed by atoms with Gasteiger partial charge in [0.05, 0.1) is 12.0 Å². The van der Waals surface area contributed by atoms with Gasteiger partial charge >= 0.3 is 0 Å². The monoisotopic (exact) mass is 437 g/mol. The second-order valence-corrected chi connectivity index (χ2v) is 10.4. The number of amides is 1. The summed E-state index contributed by atoms with van der Waals surface area (Å²) in [6.07, 6.45) is 4.42. The van der Waals surface area contributed by atoms with Gasteiger partial charge in [-0.1, -0.05) is 17.8 Å². The van der Waals surface area contributed by atoms with Crippen LogP contribution in [0.5, 0.6) is 0 Å². The summed E-state index contributed by atoms with van der Waals surface area (Å²) in [6, 6.07) is 6.14. The SMILES string of the molecule is Cc1ccc(-n2cnnc2SCC(=O)NCC2CCN(S(C)(=O)=O)CC2)cc1C. The van der Waals surface area contributed by atoms with Crippen molar-refractivity contribution in [1.82, 2.24) is 24.4 Å². The fraction of sp³-hybridized carbons (Fsp3) is 0.526. The number of nitrogens with zero attached hydrogens (tertiary/aromatic N) is 4. The predicted molar refractivity (Wildman–Crippen MR) is 114 cm³/mol. The number of rotatable bonds is 7. The van der Waals surface area contributed by atoms with Crippen molar-refractivity contribution in [3.63, 3.8) is 0 Å². The lowest BCUT2D eigenvalue weighted by Gasteiger charge is -2.30. The van der Waals surface area contributed by atoms with Crippen molar-refractivity contribution in [3.05, 3.63) is 35.7 Å². The third kappa shape index (κ3) is 5.80. The van der Waals surface area contributed by atoms with Gasteiger partial charge in [-0.2, -0.15) is 0 Å². The number of aryl methyl sites for hydroxylation is 2. The minimum atomic E-state index is -3.12. The average molecular weight is 438 g/mol. The molecule has 0 saturated carbocycles. The summed E-state index contributed by atoms with van der Waals surface area (Å²) in [5.74, 6) is 0.502. The van der Waals surface area contributed by atoms with Crippen molar-refractivity contribution in [2.75, 3.05) is 31.6 Å². The second kappa shape index (κ2) is 9.27. The summed E-state index contributed by atoms with van der Waals surface area (Å²) in [5.41, 5.74) is 3.38. The Bertz CT molecular complexity index is 966. The molecule has 0 radical (unpaired) electrons. The first-order valence-corrected chi connectivity index (χ1v) is 12.4. The minimum Gasteiger partial charge on any atom is -0.355 e. The van der Waals surface area contributed by atoms with Gasteiger partial charge in [-0.3, -0.25) is 9.36 Å². The molecule has 2 aromatic rings. The van der Waals surface area contributed by atoms with E-state index >= 15 is 0 Å². The summed E-state index contributed by atoms with van der Waals surface area (Å²) < 4.78 is 26.5. The normalized spacial score (nSPS) is 16.1. The molecule has 0 bridgehead atoms. The highest BCUT2D eigenvalue weighted by Gasteiger charge is 2.25. The Kier molecular flexibility index (Phi) is 6.97. The smallest absolute Gasteiger partial charge is 0.230 e. The maximum absolute atomic E-state index is 12.3. The number of sulfonamides is 1. The van der Waals surface area contributed by atoms with Crippen LogP contribution in [-0.2, 0) is 14.8 Å². The molecule has 0 unspecified atom stereocenters. The number of thioether (sulfide) groups is 1. The highest BCUT2D eigenvalue weighted by molar-refractivity contribution is 7.99. The summed E-state index contributed by atoms with van der Waals surface area (Å²) in [5, 5.41) is 11.7. The van der Waals surface area contributed by atoms with Gasteiger partial charge in [0.2, 0.25) is 15.9 Å². The first-order chi connectivity index (χ1) is 13.7. The number of hydrogen-bond acceptors (Lipinski definition) is 6. The van der Waals surface area contributed by atoms with Crippen LogP contribution in [0.4, 0.5) is 0 Å². The number of aromatic nitrogens is 3. The van der Waals surface area contributed by atoms with Gasteiger partial charge in [0, 0.05) is 25.3 Å². The van der Waals surface area contributed by atoms with Gasteiger partial charge in [0.1, 0.15) is 6.33 Å². The maximum Gasteiger partial charge on any atom is 0.230 e. The standard InChI is InChI=1S/C19H27N5O3S2/c1-14-4-5-17(10-15(14)2)24-13-21-22-19(24)28-12-18(25)20-11-16-6-8-23(9-7-16)29(3,26)27/h4-5,10,13,16H,6-9,11-12H2,1-3H3,(H,20,25). The molecular weight excluding hydrogens is 410 g/mol. The average Bonchev–Trinajstić information content (AvgIpc) is 3.15. The van der Waals surface area contributed by atoms with Gasteiger partial charge in [-0.05, 0) is 55.9 Å². The highest BCUT2D eigenvalue weighted by Crippen LogP contribution is 2.22. The van der Waals surface area contributed by atoms with Gasteiger partial charge in [0.15, 0.2) is 5.16 Å². The lowest BCUT2D eigenvalue weighted by molar-refractivity contribution is -0.118. The molecule has 2 heterocycles. The Labute approximate surface area is 176 Å². The van der Waals surface area contributed by atoms with Crippen LogP contribution in [0.3, 0.4) is 0 Å². The number of hydrogen-bond donors (Lipinski definition) is 1. The quantitative estimate of drug-likeness (QED) is 0.663. The van der Waals surface area contributed by atoms with Crippen molar-refractivity contribution < 1.29 is 13.2 Å². The molecule has 3 rings (SSSR count). The van der Waals surface area contributed by atoms with Crippen LogP contribution in [0.25, 0.3) is 5.69 Å². The molecule has 1 aliphatic rings. The Morgan fingerprint density at radius 2 is 1.97 bits per heavy atom. The predicted octanol–water partition coefficient (Wildman–Crippen LogP) is 1.76. The molecule has 29 heavy (non-hydrogen) atoms. The molecule has 1 amide bonds. The van der Waals surface area contributed by atoms with Crippen LogP contribution in [0, 0.1) is 19.8 Å². The van der Waals surface area contributed by atoms with Crippen molar-refractivity contribution in [2.45, 2.75) is 31.8 Å². The first-order valence-electron chi connectivity index (χ1n) is 9.56. The van der Waals surface area contributed by atoms with E-state index < -0.39 is 10.0 Å². The van der Waals surface area contributed by atoms with Crippen molar-refractivity contribution in [3.8, 4) is 5.69 Å². The Balaban J connectivity index is 1.47. The lowest BCUT2D eigenvalue weighted by Crippen LogP contribution is -2.41. The fourth-order valence-corrected chi connectivity index (χ4v) is 4.89. The van der Waals surface area contributed by atoms with Crippen molar-refractivity contribution in [1.29, 1.82) is 0 Å². The lowest BCUT2D eigenvalue weighted by atomic mass is 9.98. The van der Waals surface area contributed by atoms with E-state index in [1.165, 1.54) is 33.4 Å². The van der Waals surface area contributed by atoms with E-state index in [1.807, 2.05) is 10.6 Å². The molecule has 1 aliphatic heterocycles. The number of benzene rings is 1. The van der Waals surface area contributed by atoms with Crippen molar-refractivity contribution >= 4 is 27.7 Å². The van der Waals surface area contributed by atoms with E-state index in [-0.39, 0.29) is 11.7 Å². The van der Waals surface area contributed by atoms with Crippen LogP contribution in [0.2, 0.25) is 0 Å². The largest absolute Gasteiger partial charge is 0.355 e. The van der Waals surface area contributed by atoms with E-state index in [9.17, 15) is 13.2 Å². The van der Waals surface area contributed by atoms with E-state index in [1.54, 1.807) is 6.33 Å². The minimum absolute atomic E-state index is 0.0600. The first kappa shape index (κ1) is 21.8. The molecule has 158 valence electrons. The molecule has 1 N–H and O–H groups in total. The highest BCUT2D eigenvalue weighted by atomic mass is 32.2. The Morgan fingerprint density at radius 1 is 1.24 bits per heavy atom. The molecule has 1 aromatic heterocycles. The van der Waals surface area contributed by atoms with E-state index in [0.717, 1.165) is 18.5 Å². The Morgan fingerprint density at radius 3 is 2.62 bits per heavy atom. The van der Waals surface area contributed by atoms with Crippen LogP contribution < -0.4 is 5.32 Å². The zero-order chi connectivity index (χ0) is 21.0. The second-order valence-electron chi connectivity index (χ2n) is 7.45. The molecule has 0 atom stereocenters. The molecule has 1 aromatic carbocycles. The van der Waals surface area contributed by atoms with E-state index in [4.69, 9.17) is 0 Å². The van der Waals surface area contributed by atoms with Crippen LogP contribution in [-0.4, -0.2) is 65.0 Å². The molecule has 0 spiro atoms. The third-order valence-electron chi connectivity index (χ3n) is 5.25. The van der Waals surface area contributed by atoms with Crippen molar-refractivity contribution in [2.24, 2.45) is 5.92 Å². The number of nitrogens with one attached hydrogen (secondary N) is 1. The Hall–Kier alpha value is -1.91. The number of carbonyl (C=O) groups is 1. The van der Waals surface area contributed by atoms with Gasteiger partial charge in [0.25, 0.3) is 0 Å². The maximum atomic E-state index is 12.3. The summed E-state index contributed by atoms with van der Waals surface area (Å²) >= 11 is 1.35. The zero-order valence-corrected chi connectivity index (χ0v) is 18.6.